The minimum atomic E-state index is 0.111. The molecular formula is C14H16N2OS. The molecule has 2 aromatic rings. The molecule has 94 valence electrons. The van der Waals surface area contributed by atoms with Crippen molar-refractivity contribution in [1.82, 2.24) is 9.88 Å². The number of thiophene rings is 1. The van der Waals surface area contributed by atoms with E-state index >= 15 is 0 Å². The molecular weight excluding hydrogens is 244 g/mol. The van der Waals surface area contributed by atoms with Gasteiger partial charge in [0.1, 0.15) is 6.10 Å². The predicted molar refractivity (Wildman–Crippen MR) is 72.5 cm³/mol. The van der Waals surface area contributed by atoms with Crippen molar-refractivity contribution in [2.45, 2.75) is 12.6 Å². The van der Waals surface area contributed by atoms with E-state index in [1.807, 2.05) is 35.7 Å². The molecule has 1 fully saturated rings. The summed E-state index contributed by atoms with van der Waals surface area (Å²) in [5, 5.41) is 2.13. The van der Waals surface area contributed by atoms with Gasteiger partial charge in [-0.1, -0.05) is 12.1 Å². The van der Waals surface area contributed by atoms with E-state index in [4.69, 9.17) is 4.74 Å². The molecule has 4 heteroatoms. The van der Waals surface area contributed by atoms with E-state index in [-0.39, 0.29) is 6.10 Å². The molecule has 18 heavy (non-hydrogen) atoms. The van der Waals surface area contributed by atoms with Crippen molar-refractivity contribution in [3.05, 3.63) is 52.5 Å². The summed E-state index contributed by atoms with van der Waals surface area (Å²) >= 11 is 1.82. The van der Waals surface area contributed by atoms with Crippen LogP contribution in [0.5, 0.6) is 0 Å². The lowest BCUT2D eigenvalue weighted by atomic mass is 10.2. The molecule has 1 saturated heterocycles. The molecule has 0 spiro atoms. The standard InChI is InChI=1S/C14H16N2OS/c1-2-6-15-13(5-1)14-11-16(7-8-17-14)10-12-4-3-9-18-12/h1-6,9,14H,7-8,10-11H2. The second-order valence-electron chi connectivity index (χ2n) is 4.43. The third kappa shape index (κ3) is 2.77. The van der Waals surface area contributed by atoms with Crippen LogP contribution in [0, 0.1) is 0 Å². The maximum atomic E-state index is 5.81. The zero-order valence-corrected chi connectivity index (χ0v) is 11.0. The summed E-state index contributed by atoms with van der Waals surface area (Å²) in [5.74, 6) is 0. The summed E-state index contributed by atoms with van der Waals surface area (Å²) in [4.78, 5) is 8.24. The zero-order valence-electron chi connectivity index (χ0n) is 10.2. The molecule has 2 aromatic heterocycles. The number of aromatic nitrogens is 1. The molecule has 3 nitrogen and oxygen atoms in total. The lowest BCUT2D eigenvalue weighted by Gasteiger charge is -2.32. The SMILES string of the molecule is c1ccc(C2CN(Cc3cccs3)CCO2)nc1. The van der Waals surface area contributed by atoms with Crippen LogP contribution in [0.3, 0.4) is 0 Å². The van der Waals surface area contributed by atoms with Gasteiger partial charge in [0.25, 0.3) is 0 Å². The van der Waals surface area contributed by atoms with Crippen LogP contribution in [0.25, 0.3) is 0 Å². The monoisotopic (exact) mass is 260 g/mol. The van der Waals surface area contributed by atoms with Crippen LogP contribution < -0.4 is 0 Å². The minimum absolute atomic E-state index is 0.111. The van der Waals surface area contributed by atoms with Gasteiger partial charge < -0.3 is 4.74 Å². The third-order valence-corrected chi connectivity index (χ3v) is 3.99. The Morgan fingerprint density at radius 1 is 1.33 bits per heavy atom. The fourth-order valence-electron chi connectivity index (χ4n) is 2.21. The number of morpholine rings is 1. The number of hydrogen-bond acceptors (Lipinski definition) is 4. The molecule has 1 aliphatic rings. The molecule has 3 rings (SSSR count). The Bertz CT molecular complexity index is 472. The highest BCUT2D eigenvalue weighted by Crippen LogP contribution is 2.22. The van der Waals surface area contributed by atoms with Crippen molar-refractivity contribution < 1.29 is 4.74 Å². The van der Waals surface area contributed by atoms with Crippen LogP contribution in [0.4, 0.5) is 0 Å². The highest BCUT2D eigenvalue weighted by molar-refractivity contribution is 7.09. The molecule has 0 radical (unpaired) electrons. The van der Waals surface area contributed by atoms with Gasteiger partial charge in [-0.2, -0.15) is 0 Å². The Morgan fingerprint density at radius 3 is 3.11 bits per heavy atom. The van der Waals surface area contributed by atoms with E-state index in [0.717, 1.165) is 31.9 Å². The van der Waals surface area contributed by atoms with Crippen LogP contribution in [0.2, 0.25) is 0 Å². The minimum Gasteiger partial charge on any atom is -0.369 e. The summed E-state index contributed by atoms with van der Waals surface area (Å²) in [5.41, 5.74) is 1.04. The zero-order chi connectivity index (χ0) is 12.2. The van der Waals surface area contributed by atoms with Crippen LogP contribution in [0.1, 0.15) is 16.7 Å². The van der Waals surface area contributed by atoms with E-state index in [9.17, 15) is 0 Å². The molecule has 3 heterocycles. The fourth-order valence-corrected chi connectivity index (χ4v) is 2.96. The smallest absolute Gasteiger partial charge is 0.112 e. The number of rotatable bonds is 3. The second kappa shape index (κ2) is 5.61. The molecule has 0 N–H and O–H groups in total. The maximum absolute atomic E-state index is 5.81. The van der Waals surface area contributed by atoms with Gasteiger partial charge >= 0.3 is 0 Å². The Morgan fingerprint density at radius 2 is 2.33 bits per heavy atom. The second-order valence-corrected chi connectivity index (χ2v) is 5.46. The summed E-state index contributed by atoms with van der Waals surface area (Å²) in [7, 11) is 0. The largest absolute Gasteiger partial charge is 0.369 e. The van der Waals surface area contributed by atoms with E-state index in [0.29, 0.717) is 0 Å². The first-order valence-electron chi connectivity index (χ1n) is 6.19. The van der Waals surface area contributed by atoms with Crippen LogP contribution in [-0.2, 0) is 11.3 Å². The third-order valence-electron chi connectivity index (χ3n) is 3.13. The van der Waals surface area contributed by atoms with E-state index in [2.05, 4.69) is 27.4 Å². The van der Waals surface area contributed by atoms with Gasteiger partial charge in [-0.15, -0.1) is 11.3 Å². The lowest BCUT2D eigenvalue weighted by Crippen LogP contribution is -2.37. The molecule has 1 aliphatic heterocycles. The summed E-state index contributed by atoms with van der Waals surface area (Å²) in [6.07, 6.45) is 1.94. The number of pyridine rings is 1. The van der Waals surface area contributed by atoms with Gasteiger partial charge in [-0.3, -0.25) is 9.88 Å². The van der Waals surface area contributed by atoms with Crippen molar-refractivity contribution in [2.24, 2.45) is 0 Å². The van der Waals surface area contributed by atoms with E-state index in [1.165, 1.54) is 4.88 Å². The van der Waals surface area contributed by atoms with E-state index in [1.54, 1.807) is 0 Å². The first-order chi connectivity index (χ1) is 8.92. The van der Waals surface area contributed by atoms with Crippen molar-refractivity contribution in [2.75, 3.05) is 19.7 Å². The first kappa shape index (κ1) is 11.8. The van der Waals surface area contributed by atoms with Gasteiger partial charge in [0.05, 0.1) is 12.3 Å². The van der Waals surface area contributed by atoms with Crippen molar-refractivity contribution in [1.29, 1.82) is 0 Å². The lowest BCUT2D eigenvalue weighted by molar-refractivity contribution is -0.0346. The van der Waals surface area contributed by atoms with Crippen molar-refractivity contribution >= 4 is 11.3 Å². The molecule has 1 atom stereocenters. The van der Waals surface area contributed by atoms with Crippen molar-refractivity contribution in [3.63, 3.8) is 0 Å². The molecule has 0 bridgehead atoms. The van der Waals surface area contributed by atoms with Gasteiger partial charge in [0, 0.05) is 30.7 Å². The number of hydrogen-bond donors (Lipinski definition) is 0. The van der Waals surface area contributed by atoms with Gasteiger partial charge in [0.15, 0.2) is 0 Å². The van der Waals surface area contributed by atoms with Gasteiger partial charge in [-0.05, 0) is 23.6 Å². The summed E-state index contributed by atoms with van der Waals surface area (Å²) in [6, 6.07) is 10.3. The molecule has 1 unspecified atom stereocenters. The predicted octanol–water partition coefficient (Wildman–Crippen LogP) is 2.72. The average Bonchev–Trinajstić information content (AvgIpc) is 2.93. The first-order valence-corrected chi connectivity index (χ1v) is 7.07. The van der Waals surface area contributed by atoms with Crippen LogP contribution in [0.15, 0.2) is 41.9 Å². The number of nitrogens with zero attached hydrogens (tertiary/aromatic N) is 2. The Balaban J connectivity index is 1.65. The Labute approximate surface area is 111 Å². The molecule has 0 amide bonds. The quantitative estimate of drug-likeness (QED) is 0.848. The topological polar surface area (TPSA) is 25.4 Å². The average molecular weight is 260 g/mol. The molecule has 0 saturated carbocycles. The Kier molecular flexibility index (Phi) is 3.69. The molecule has 0 aromatic carbocycles. The van der Waals surface area contributed by atoms with Crippen LogP contribution in [-0.4, -0.2) is 29.6 Å². The maximum Gasteiger partial charge on any atom is 0.112 e. The van der Waals surface area contributed by atoms with E-state index < -0.39 is 0 Å². The number of ether oxygens (including phenoxy) is 1. The Hall–Kier alpha value is -1.23. The van der Waals surface area contributed by atoms with Gasteiger partial charge in [-0.25, -0.2) is 0 Å². The highest BCUT2D eigenvalue weighted by atomic mass is 32.1. The summed E-state index contributed by atoms with van der Waals surface area (Å²) in [6.45, 7) is 3.73. The fraction of sp³-hybridized carbons (Fsp3) is 0.357. The van der Waals surface area contributed by atoms with Gasteiger partial charge in [0.2, 0.25) is 0 Å². The molecule has 0 aliphatic carbocycles. The van der Waals surface area contributed by atoms with Crippen LogP contribution >= 0.6 is 11.3 Å². The summed E-state index contributed by atoms with van der Waals surface area (Å²) < 4.78 is 5.81. The highest BCUT2D eigenvalue weighted by Gasteiger charge is 2.22. The van der Waals surface area contributed by atoms with Crippen molar-refractivity contribution in [3.8, 4) is 0 Å². The normalized spacial score (nSPS) is 21.0.